The molecule has 8 rings (SSSR count). The number of hydrogen-bond acceptors (Lipinski definition) is 11. The van der Waals surface area contributed by atoms with Crippen LogP contribution in [0.3, 0.4) is 0 Å². The SMILES string of the molecule is C.C#Cc1ccc(N2CC3CCC(C2)N3C(=O)C2(C)COC2)nc1.CC1(C(=O)O)COC1.C[Si](C)(C)C#Cc1ccc(N2CC3CCC(C2)N3)nc1.Cl.S=S=S=S=S=S=S=S=S=S=S=S=S=S=S=S=S=S=S=S=S=S=S=S=S=S=S=S=S=S=S=S=S=S=S=S=S=S=S=S=S=S=S=S=S=S=S=S=S=S=S=S=S=S=S=S=S=S=S=S=S=S=S=S. The fraction of sp³-hybridized carbons (Fsp3) is 0.600. The van der Waals surface area contributed by atoms with Gasteiger partial charge in [0.15, 0.2) is 0 Å². The molecule has 1 amide bonds. The van der Waals surface area contributed by atoms with Crippen molar-refractivity contribution in [2.45, 2.75) is 90.8 Å². The van der Waals surface area contributed by atoms with Gasteiger partial charge in [0.1, 0.15) is 25.1 Å². The van der Waals surface area contributed by atoms with Crippen molar-refractivity contribution in [3.63, 3.8) is 0 Å². The van der Waals surface area contributed by atoms with Crippen LogP contribution in [0.4, 0.5) is 11.6 Å². The van der Waals surface area contributed by atoms with Gasteiger partial charge in [0.25, 0.3) is 0 Å². The minimum atomic E-state index is -1.30. The Morgan fingerprint density at radius 3 is 0.863 bits per heavy atom. The van der Waals surface area contributed by atoms with Crippen LogP contribution in [0.15, 0.2) is 36.7 Å². The van der Waals surface area contributed by atoms with Crippen molar-refractivity contribution in [2.75, 3.05) is 62.4 Å². The predicted octanol–water partition coefficient (Wildman–Crippen LogP) is 4.54. The highest BCUT2D eigenvalue weighted by molar-refractivity contribution is 8.84. The molecule has 117 heavy (non-hydrogen) atoms. The molecule has 0 spiro atoms. The lowest BCUT2D eigenvalue weighted by molar-refractivity contribution is -0.175. The highest BCUT2D eigenvalue weighted by atomic mass is 35.5. The number of pyridine rings is 2. The molecule has 6 aliphatic heterocycles. The highest BCUT2D eigenvalue weighted by Gasteiger charge is 2.51. The number of carboxylic acid groups (broad SMARTS) is 1. The van der Waals surface area contributed by atoms with Crippen molar-refractivity contribution in [1.29, 1.82) is 0 Å². The van der Waals surface area contributed by atoms with E-state index in [1.807, 2.05) is 452 Å². The quantitative estimate of drug-likeness (QED) is 0.331. The first-order valence-corrected chi connectivity index (χ1v) is 116. The van der Waals surface area contributed by atoms with Gasteiger partial charge in [-0.1, -0.05) is 38.9 Å². The molecule has 4 bridgehead atoms. The molecule has 0 radical (unpaired) electrons. The number of carbonyl (C=O) groups is 2. The summed E-state index contributed by atoms with van der Waals surface area (Å²) < 4.78 is 9.99. The van der Waals surface area contributed by atoms with Gasteiger partial charge < -0.3 is 34.6 Å². The third-order valence-electron chi connectivity index (χ3n) is 12.2. The van der Waals surface area contributed by atoms with Crippen molar-refractivity contribution in [1.82, 2.24) is 20.2 Å². The van der Waals surface area contributed by atoms with Crippen molar-refractivity contribution in [3.05, 3.63) is 47.8 Å². The summed E-state index contributed by atoms with van der Waals surface area (Å²) in [6, 6.07) is 10.0. The molecular weight excluding hydrogens is 2760 g/mol. The largest absolute Gasteiger partial charge is 0.481 e. The third kappa shape index (κ3) is 62.2. The number of ether oxygens (including phenoxy) is 2. The Kier molecular flexibility index (Phi) is 85.6. The molecule has 2 N–H and O–H groups in total. The van der Waals surface area contributed by atoms with E-state index in [9.17, 15) is 9.59 Å². The van der Waals surface area contributed by atoms with Gasteiger partial charge >= 0.3 is 5.97 Å². The lowest BCUT2D eigenvalue weighted by atomic mass is 9.86. The normalized spacial score (nSPS) is 15.8. The molecule has 6 fully saturated rings. The molecule has 77 heteroatoms. The molecule has 8 heterocycles. The van der Waals surface area contributed by atoms with Crippen LogP contribution in [0.25, 0.3) is 0 Å². The highest BCUT2D eigenvalue weighted by Crippen LogP contribution is 2.38. The minimum absolute atomic E-state index is 0. The maximum absolute atomic E-state index is 12.9. The zero-order chi connectivity index (χ0) is 82.2. The summed E-state index contributed by atoms with van der Waals surface area (Å²) in [7, 11) is 110. The number of piperazine rings is 2. The number of carbonyl (C=O) groups excluding carboxylic acids is 1. The molecule has 6 saturated heterocycles. The van der Waals surface area contributed by atoms with Gasteiger partial charge in [-0.25, -0.2) is 9.97 Å². The van der Waals surface area contributed by atoms with Gasteiger partial charge in [-0.15, -0.1) is 24.4 Å². The maximum Gasteiger partial charge on any atom is 0.314 e. The number of halogens is 1. The number of nitrogens with one attached hydrogen (secondary N) is 1. The second kappa shape index (κ2) is 82.3. The Morgan fingerprint density at radius 1 is 0.419 bits per heavy atom. The average molecular weight is 2820 g/mol. The van der Waals surface area contributed by atoms with Crippen LogP contribution in [0.5, 0.6) is 0 Å². The molecule has 4 unspecified atom stereocenters. The van der Waals surface area contributed by atoms with Crippen LogP contribution < -0.4 is 15.1 Å². The zero-order valence-electron chi connectivity index (χ0n) is 57.2. The van der Waals surface area contributed by atoms with Crippen molar-refractivity contribution >= 4 is 617 Å². The number of fused-ring (bicyclic) bond motifs is 4. The second-order valence-corrected chi connectivity index (χ2v) is 135. The van der Waals surface area contributed by atoms with Crippen molar-refractivity contribution < 1.29 is 24.2 Å². The fourth-order valence-electron chi connectivity index (χ4n) is 8.03. The maximum atomic E-state index is 12.9. The number of nitrogens with zero attached hydrogens (tertiary/aromatic N) is 5. The summed E-state index contributed by atoms with van der Waals surface area (Å²) >= 11 is 9.64. The number of aromatic nitrogens is 2. The number of anilines is 2. The van der Waals surface area contributed by atoms with Crippen LogP contribution in [0.2, 0.25) is 19.6 Å². The summed E-state index contributed by atoms with van der Waals surface area (Å²) in [5.41, 5.74) is 4.32. The average Bonchev–Trinajstić information content (AvgIpc) is 1.67. The van der Waals surface area contributed by atoms with E-state index in [-0.39, 0.29) is 43.2 Å². The molecule has 0 aromatic carbocycles. The molecular formula is C40H57ClN6O5S64Si. The molecule has 4 atom stereocenters. The van der Waals surface area contributed by atoms with E-state index >= 15 is 0 Å². The number of amides is 1. The van der Waals surface area contributed by atoms with Crippen LogP contribution in [-0.4, -0.2) is 117 Å². The number of aliphatic carboxylic acids is 1. The Hall–Kier alpha value is 10.4. The van der Waals surface area contributed by atoms with Gasteiger partial charge in [0, 0.05) is 647 Å². The number of rotatable bonds is 4. The first-order chi connectivity index (χ1) is 56.2. The second-order valence-electron chi connectivity index (χ2n) is 20.6. The topological polar surface area (TPSA) is 120 Å². The summed E-state index contributed by atoms with van der Waals surface area (Å²) in [5.74, 6) is 7.41. The number of carboxylic acids is 1. The first-order valence-electron chi connectivity index (χ1n) is 28.6. The molecule has 11 nitrogen and oxygen atoms in total. The lowest BCUT2D eigenvalue weighted by Gasteiger charge is -2.47. The third-order valence-corrected chi connectivity index (χ3v) is 149. The summed E-state index contributed by atoms with van der Waals surface area (Å²) in [4.78, 5) is 39.0. The lowest BCUT2D eigenvalue weighted by Crippen LogP contribution is -2.62. The molecule has 0 aliphatic carbocycles. The molecule has 2 aromatic heterocycles. The first kappa shape index (κ1) is 122. The summed E-state index contributed by atoms with van der Waals surface area (Å²) in [5, 5.41) is 12.1. The Balaban J connectivity index is 0.000000525. The van der Waals surface area contributed by atoms with Crippen molar-refractivity contribution in [2.24, 2.45) is 10.8 Å². The van der Waals surface area contributed by atoms with Crippen LogP contribution >= 0.6 is 12.4 Å². The van der Waals surface area contributed by atoms with Crippen LogP contribution in [-0.2, 0) is 592 Å². The molecule has 0 saturated carbocycles. The standard InChI is InChI=1S/C18H21N3O2.C16H23N3Si.C5H8O3.CH4.ClH.S64/c1-3-13-4-7-16(19-8-13)20-9-14-5-6-15(10-20)21(14)17(22)18(2)11-23-12-18;1-20(2,3)9-8-13-4-7-16(17-10-13)19-11-14-5-6-15(12-19)18-14;1-5(4(6)7)2-8-3-5;;;1-3-5-7-9-11-13-15-17-19-21-23-25-27-29-31-33-35-37-39-41-43-45-47-49-51-53-55-57-59-61-63-64-62-60-58-56-54-52-50-48-46-44-42-40-38-36-34-32-30-28-26-24-22-20-18-16-14-12-10-8-6-4-2/h1,4,7-8,14-15H,5-6,9-12H2,2H3;4,7,10,14-15,18H,5-6,11-12H2,1-3H3;2-3H2,1H3,(H,6,7);1H4;1H;. The minimum Gasteiger partial charge on any atom is -0.481 e. The Morgan fingerprint density at radius 2 is 0.667 bits per heavy atom. The van der Waals surface area contributed by atoms with E-state index in [0.717, 1.165) is 61.8 Å². The van der Waals surface area contributed by atoms with E-state index in [2.05, 4.69) is 79.1 Å². The molecule has 2 aromatic rings. The summed E-state index contributed by atoms with van der Waals surface area (Å²) in [6.07, 6.45) is 13.8. The Bertz CT molecular complexity index is 6860. The van der Waals surface area contributed by atoms with Crippen LogP contribution in [0.1, 0.15) is 58.1 Å². The monoisotopic (exact) mass is 2810 g/mol. The summed E-state index contributed by atoms with van der Waals surface area (Å²) in [6.45, 7) is 16.2. The van der Waals surface area contributed by atoms with E-state index < -0.39 is 19.5 Å². The molecule has 6 aliphatic rings. The van der Waals surface area contributed by atoms with E-state index in [0.29, 0.717) is 38.5 Å². The fourth-order valence-corrected chi connectivity index (χ4v) is 173. The van der Waals surface area contributed by atoms with Gasteiger partial charge in [-0.05, 0) is 63.8 Å². The van der Waals surface area contributed by atoms with Crippen LogP contribution in [0, 0.1) is 34.6 Å². The predicted molar refractivity (Wildman–Crippen MR) is 685 cm³/mol. The smallest absolute Gasteiger partial charge is 0.314 e. The number of hydrogen-bond donors (Lipinski definition) is 2. The van der Waals surface area contributed by atoms with Gasteiger partial charge in [0.05, 0.1) is 31.8 Å². The van der Waals surface area contributed by atoms with E-state index in [1.54, 1.807) is 120 Å². The zero-order valence-corrected chi connectivity index (χ0v) is 111. The van der Waals surface area contributed by atoms with Gasteiger partial charge in [-0.2, -0.15) is 0 Å². The Labute approximate surface area is 876 Å². The van der Waals surface area contributed by atoms with E-state index in [1.165, 1.54) is 30.6 Å². The van der Waals surface area contributed by atoms with Crippen molar-refractivity contribution in [3.8, 4) is 23.8 Å². The van der Waals surface area contributed by atoms with Gasteiger partial charge in [-0.3, -0.25) is 9.59 Å². The van der Waals surface area contributed by atoms with E-state index in [4.69, 9.17) is 43.4 Å². The molecule has 672 valence electrons. The number of terminal acetylenes is 1. The van der Waals surface area contributed by atoms with Gasteiger partial charge in [0.2, 0.25) is 5.91 Å².